The monoisotopic (exact) mass is 565 g/mol. The van der Waals surface area contributed by atoms with E-state index in [1.54, 1.807) is 0 Å². The van der Waals surface area contributed by atoms with Crippen molar-refractivity contribution in [1.29, 1.82) is 5.26 Å². The average molecular weight is 566 g/mol. The summed E-state index contributed by atoms with van der Waals surface area (Å²) >= 11 is 0. The topological polar surface area (TPSA) is 115 Å². The first-order chi connectivity index (χ1) is 20.4. The molecule has 3 heterocycles. The predicted molar refractivity (Wildman–Crippen MR) is 167 cm³/mol. The summed E-state index contributed by atoms with van der Waals surface area (Å²) in [7, 11) is 4.02. The van der Waals surface area contributed by atoms with E-state index in [2.05, 4.69) is 62.5 Å². The first-order valence-electron chi connectivity index (χ1n) is 14.7. The molecule has 5 rings (SSSR count). The number of benzene rings is 2. The van der Waals surface area contributed by atoms with E-state index < -0.39 is 0 Å². The van der Waals surface area contributed by atoms with Crippen LogP contribution < -0.4 is 20.9 Å². The van der Waals surface area contributed by atoms with Gasteiger partial charge < -0.3 is 25.8 Å². The molecule has 1 amide bonds. The Kier molecular flexibility index (Phi) is 9.03. The number of anilines is 2. The Bertz CT molecular complexity index is 1420. The van der Waals surface area contributed by atoms with Gasteiger partial charge in [-0.15, -0.1) is 0 Å². The lowest BCUT2D eigenvalue weighted by atomic mass is 9.71. The van der Waals surface area contributed by atoms with Crippen LogP contribution in [0.15, 0.2) is 77.9 Å². The van der Waals surface area contributed by atoms with Gasteiger partial charge in [0.2, 0.25) is 0 Å². The van der Waals surface area contributed by atoms with Gasteiger partial charge in [-0.25, -0.2) is 4.98 Å². The van der Waals surface area contributed by atoms with E-state index in [9.17, 15) is 10.1 Å². The first-order valence-corrected chi connectivity index (χ1v) is 14.7. The number of aromatic amines is 1. The van der Waals surface area contributed by atoms with Crippen LogP contribution in [0.4, 0.5) is 17.2 Å². The smallest absolute Gasteiger partial charge is 0.348 e. The molecule has 0 radical (unpaired) electrons. The van der Waals surface area contributed by atoms with Gasteiger partial charge in [0.1, 0.15) is 5.69 Å². The van der Waals surface area contributed by atoms with E-state index in [1.165, 1.54) is 5.56 Å². The van der Waals surface area contributed by atoms with Gasteiger partial charge in [0.15, 0.2) is 0 Å². The number of pyridine rings is 1. The molecule has 0 bridgehead atoms. The second kappa shape index (κ2) is 13.0. The maximum absolute atomic E-state index is 13.1. The molecule has 3 aromatic rings. The van der Waals surface area contributed by atoms with Crippen LogP contribution in [-0.4, -0.2) is 68.0 Å². The summed E-state index contributed by atoms with van der Waals surface area (Å²) in [5, 5.41) is 12.8. The Morgan fingerprint density at radius 2 is 1.76 bits per heavy atom. The Labute approximate surface area is 248 Å². The highest BCUT2D eigenvalue weighted by atomic mass is 16.2. The zero-order valence-electron chi connectivity index (χ0n) is 24.6. The maximum atomic E-state index is 13.1. The van der Waals surface area contributed by atoms with Crippen molar-refractivity contribution in [2.45, 2.75) is 43.6 Å². The highest BCUT2D eigenvalue weighted by Crippen LogP contribution is 2.40. The van der Waals surface area contributed by atoms with Crippen LogP contribution in [-0.2, 0) is 5.41 Å². The number of guanidine groups is 1. The van der Waals surface area contributed by atoms with Crippen molar-refractivity contribution in [3.05, 3.63) is 84.1 Å². The third-order valence-corrected chi connectivity index (χ3v) is 8.87. The average Bonchev–Trinajstić information content (AvgIpc) is 3.02. The van der Waals surface area contributed by atoms with Gasteiger partial charge in [0.05, 0.1) is 12.3 Å². The van der Waals surface area contributed by atoms with E-state index in [1.807, 2.05) is 60.6 Å². The number of aromatic nitrogens is 1. The normalized spacial score (nSPS) is 17.8. The van der Waals surface area contributed by atoms with Gasteiger partial charge in [-0.1, -0.05) is 30.3 Å². The summed E-state index contributed by atoms with van der Waals surface area (Å²) in [6.45, 7) is 3.65. The number of carbonyl (C=O) groups excluding carboxylic acids is 1. The number of piperidine rings is 2. The van der Waals surface area contributed by atoms with E-state index in [0.29, 0.717) is 17.8 Å². The number of nitrogens with zero attached hydrogens (tertiary/aromatic N) is 5. The molecule has 1 aromatic heterocycles. The number of likely N-dealkylation sites (tertiary alicyclic amines) is 1. The first kappa shape index (κ1) is 29.1. The zero-order valence-corrected chi connectivity index (χ0v) is 24.6. The molecular weight excluding hydrogens is 524 g/mol. The third kappa shape index (κ3) is 6.55. The summed E-state index contributed by atoms with van der Waals surface area (Å²) < 4.78 is 0. The van der Waals surface area contributed by atoms with Gasteiger partial charge in [-0.05, 0) is 92.8 Å². The Balaban J connectivity index is 1.23. The van der Waals surface area contributed by atoms with Crippen LogP contribution in [0.5, 0.6) is 0 Å². The lowest BCUT2D eigenvalue weighted by Crippen LogP contribution is -2.44. The number of carbonyl (C=O) groups is 1. The van der Waals surface area contributed by atoms with Crippen molar-refractivity contribution in [3.63, 3.8) is 0 Å². The van der Waals surface area contributed by atoms with Crippen LogP contribution in [0.2, 0.25) is 0 Å². The molecule has 0 saturated carbocycles. The second-order valence-corrected chi connectivity index (χ2v) is 11.5. The SMILES string of the molecule is CN1CCC(N(C)C(=O)c2ccc(N/C(N)=N/c3[nH+]cccc3N3CCC(CC#N)(c4ccccc4)CC3)cc2)CC1. The molecular formula is C33H41N8O+. The van der Waals surface area contributed by atoms with Crippen LogP contribution in [0, 0.1) is 11.3 Å². The van der Waals surface area contributed by atoms with Crippen molar-refractivity contribution in [2.75, 3.05) is 50.5 Å². The fraction of sp³-hybridized carbons (Fsp3) is 0.394. The number of nitrogens with two attached hydrogens (primary N) is 1. The molecule has 0 unspecified atom stereocenters. The Hall–Kier alpha value is -4.42. The minimum Gasteiger partial charge on any atom is -0.365 e. The predicted octanol–water partition coefficient (Wildman–Crippen LogP) is 4.18. The fourth-order valence-corrected chi connectivity index (χ4v) is 6.19. The highest BCUT2D eigenvalue weighted by Gasteiger charge is 2.37. The molecule has 4 N–H and O–H groups in total. The third-order valence-electron chi connectivity index (χ3n) is 8.87. The molecule has 9 nitrogen and oxygen atoms in total. The van der Waals surface area contributed by atoms with E-state index in [0.717, 1.165) is 63.2 Å². The van der Waals surface area contributed by atoms with Crippen LogP contribution >= 0.6 is 0 Å². The van der Waals surface area contributed by atoms with Gasteiger partial charge >= 0.3 is 11.8 Å². The summed E-state index contributed by atoms with van der Waals surface area (Å²) in [6, 6.07) is 24.5. The van der Waals surface area contributed by atoms with E-state index in [4.69, 9.17) is 5.73 Å². The van der Waals surface area contributed by atoms with Crippen molar-refractivity contribution in [3.8, 4) is 6.07 Å². The molecule has 0 aliphatic carbocycles. The van der Waals surface area contributed by atoms with E-state index >= 15 is 0 Å². The number of H-pyrrole nitrogens is 1. The number of nitrogens with one attached hydrogen (secondary N) is 2. The van der Waals surface area contributed by atoms with Crippen molar-refractivity contribution in [2.24, 2.45) is 10.7 Å². The molecule has 2 aromatic carbocycles. The van der Waals surface area contributed by atoms with Crippen molar-refractivity contribution < 1.29 is 9.78 Å². The molecule has 2 fully saturated rings. The molecule has 0 spiro atoms. The summed E-state index contributed by atoms with van der Waals surface area (Å²) in [5.74, 6) is 0.955. The second-order valence-electron chi connectivity index (χ2n) is 11.5. The van der Waals surface area contributed by atoms with Crippen molar-refractivity contribution >= 4 is 29.1 Å². The molecule has 2 aliphatic rings. The summed E-state index contributed by atoms with van der Waals surface area (Å²) in [5.41, 5.74) is 9.82. The largest absolute Gasteiger partial charge is 0.365 e. The Morgan fingerprint density at radius 1 is 1.07 bits per heavy atom. The number of hydrogen-bond donors (Lipinski definition) is 2. The van der Waals surface area contributed by atoms with Crippen molar-refractivity contribution in [1.82, 2.24) is 9.80 Å². The van der Waals surface area contributed by atoms with Crippen LogP contribution in [0.3, 0.4) is 0 Å². The standard InChI is InChI=1S/C33H40N8O/c1-39-21-14-28(15-22-39)40(2)31(42)25-10-12-27(13-11-25)37-32(35)38-30-29(9-6-20-36-30)41-23-17-33(16-19-34,18-24-41)26-7-4-3-5-8-26/h3-13,20,28H,14-18,21-24H2,1-2H3,(H3,35,36,37,38)/p+1. The van der Waals surface area contributed by atoms with Gasteiger partial charge in [-0.3, -0.25) is 4.79 Å². The number of amides is 1. The minimum atomic E-state index is -0.134. The molecule has 9 heteroatoms. The van der Waals surface area contributed by atoms with Gasteiger partial charge in [0, 0.05) is 49.3 Å². The zero-order chi connectivity index (χ0) is 29.5. The summed E-state index contributed by atoms with van der Waals surface area (Å²) in [4.78, 5) is 27.5. The Morgan fingerprint density at radius 3 is 2.43 bits per heavy atom. The lowest BCUT2D eigenvalue weighted by Gasteiger charge is -2.41. The van der Waals surface area contributed by atoms with Crippen LogP contribution in [0.25, 0.3) is 0 Å². The van der Waals surface area contributed by atoms with Gasteiger partial charge in [-0.2, -0.15) is 5.26 Å². The molecule has 42 heavy (non-hydrogen) atoms. The molecule has 218 valence electrons. The number of aliphatic imine (C=N–C) groups is 1. The maximum Gasteiger partial charge on any atom is 0.348 e. The molecule has 2 aliphatic heterocycles. The fourth-order valence-electron chi connectivity index (χ4n) is 6.19. The van der Waals surface area contributed by atoms with Gasteiger partial charge in [0.25, 0.3) is 5.91 Å². The number of nitriles is 1. The lowest BCUT2D eigenvalue weighted by molar-refractivity contribution is -0.362. The minimum absolute atomic E-state index is 0.0360. The molecule has 2 saturated heterocycles. The highest BCUT2D eigenvalue weighted by molar-refractivity contribution is 5.97. The number of hydrogen-bond acceptors (Lipinski definition) is 5. The summed E-state index contributed by atoms with van der Waals surface area (Å²) in [6.07, 6.45) is 6.10. The quantitative estimate of drug-likeness (QED) is 0.328. The number of rotatable bonds is 7. The van der Waals surface area contributed by atoms with E-state index in [-0.39, 0.29) is 23.3 Å². The van der Waals surface area contributed by atoms with Crippen LogP contribution in [0.1, 0.15) is 48.0 Å². The molecule has 0 atom stereocenters.